The number of nitrogens with zero attached hydrogens (tertiary/aromatic N) is 8. The molecule has 0 aliphatic heterocycles. The third-order valence-electron chi connectivity index (χ3n) is 12.1. The van der Waals surface area contributed by atoms with Gasteiger partial charge in [-0.2, -0.15) is 26.6 Å². The van der Waals surface area contributed by atoms with Gasteiger partial charge >= 0.3 is 0 Å². The maximum atomic E-state index is 4.10. The lowest BCUT2D eigenvalue weighted by molar-refractivity contribution is 0.355. The molecule has 0 radical (unpaired) electrons. The minimum Gasteiger partial charge on any atom is -0.367 e. The van der Waals surface area contributed by atoms with Crippen molar-refractivity contribution in [3.8, 4) is 0 Å². The minimum atomic E-state index is 0.128. The summed E-state index contributed by atoms with van der Waals surface area (Å²) in [5, 5.41) is 24.1. The fraction of sp³-hybridized carbons (Fsp3) is 0.621. The number of imidazole rings is 1. The van der Waals surface area contributed by atoms with Crippen LogP contribution in [-0.2, 0) is 49.1 Å². The molecule has 0 amide bonds. The first-order chi connectivity index (χ1) is 46.4. The van der Waals surface area contributed by atoms with Gasteiger partial charge in [0.2, 0.25) is 0 Å². The lowest BCUT2D eigenvalue weighted by Crippen LogP contribution is -2.21. The highest BCUT2D eigenvalue weighted by Crippen LogP contribution is 2.27. The average Bonchev–Trinajstić information content (AvgIpc) is 1.78. The van der Waals surface area contributed by atoms with Crippen molar-refractivity contribution < 1.29 is 0 Å². The predicted molar refractivity (Wildman–Crippen MR) is 459 cm³/mol. The molecule has 9 aromatic rings. The van der Waals surface area contributed by atoms with Crippen LogP contribution < -0.4 is 0 Å². The Kier molecular flexibility index (Phi) is 70.5. The summed E-state index contributed by atoms with van der Waals surface area (Å²) in [4.78, 5) is 12.5. The van der Waals surface area contributed by atoms with Gasteiger partial charge in [-0.15, -0.1) is 11.3 Å². The fourth-order valence-corrected chi connectivity index (χ4v) is 8.14. The van der Waals surface area contributed by atoms with Crippen molar-refractivity contribution in [1.82, 2.24) is 54.3 Å². The molecule has 3 N–H and O–H groups in total. The molecule has 0 aliphatic rings. The van der Waals surface area contributed by atoms with Crippen molar-refractivity contribution in [3.05, 3.63) is 197 Å². The molecule has 0 aromatic carbocycles. The predicted octanol–water partition coefficient (Wildman–Crippen LogP) is 29.0. The highest BCUT2D eigenvalue weighted by Gasteiger charge is 2.18. The van der Waals surface area contributed by atoms with Gasteiger partial charge in [0.05, 0.1) is 11.9 Å². The maximum absolute atomic E-state index is 4.10. The molecule has 9 rings (SSSR count). The Morgan fingerprint density at radius 1 is 0.340 bits per heavy atom. The van der Waals surface area contributed by atoms with E-state index in [9.17, 15) is 0 Å². The van der Waals surface area contributed by atoms with E-state index in [-0.39, 0.29) is 32.9 Å². The van der Waals surface area contributed by atoms with Gasteiger partial charge < -0.3 is 14.1 Å². The molecule has 0 atom stereocenters. The second kappa shape index (κ2) is 62.7. The largest absolute Gasteiger partial charge is 0.367 e. The zero-order valence-electron chi connectivity index (χ0n) is 74.0. The third-order valence-corrected chi connectivity index (χ3v) is 14.1. The Bertz CT molecular complexity index is 2300. The normalized spacial score (nSPS) is 10.2. The van der Waals surface area contributed by atoms with Crippen LogP contribution in [0.3, 0.4) is 0 Å². The molecule has 0 unspecified atom stereocenters. The molecular formula is C87H165N11S2. The van der Waals surface area contributed by atoms with Gasteiger partial charge in [0.25, 0.3) is 0 Å². The van der Waals surface area contributed by atoms with Crippen molar-refractivity contribution in [2.45, 2.75) is 361 Å². The van der Waals surface area contributed by atoms with Crippen LogP contribution in [0.5, 0.6) is 0 Å². The maximum Gasteiger partial charge on any atom is 0.0950 e. The Labute approximate surface area is 630 Å². The molecule has 0 aliphatic carbocycles. The summed E-state index contributed by atoms with van der Waals surface area (Å²) in [6.45, 7) is 94.9. The molecule has 580 valence electrons. The van der Waals surface area contributed by atoms with Crippen LogP contribution in [0.1, 0.15) is 345 Å². The van der Waals surface area contributed by atoms with Crippen molar-refractivity contribution in [1.29, 1.82) is 0 Å². The highest BCUT2D eigenvalue weighted by atomic mass is 32.1. The van der Waals surface area contributed by atoms with E-state index in [4.69, 9.17) is 0 Å². The quantitative estimate of drug-likeness (QED) is 0.139. The van der Waals surface area contributed by atoms with Gasteiger partial charge in [-0.1, -0.05) is 261 Å². The summed E-state index contributed by atoms with van der Waals surface area (Å²) in [6.07, 6.45) is 24.8. The minimum absolute atomic E-state index is 0.128. The summed E-state index contributed by atoms with van der Waals surface area (Å²) in [5.74, 6) is 0. The van der Waals surface area contributed by atoms with E-state index >= 15 is 0 Å². The molecule has 0 saturated carbocycles. The van der Waals surface area contributed by atoms with E-state index in [1.165, 1.54) is 33.0 Å². The van der Waals surface area contributed by atoms with Crippen molar-refractivity contribution in [2.24, 2.45) is 0 Å². The van der Waals surface area contributed by atoms with Crippen molar-refractivity contribution in [2.75, 3.05) is 0 Å². The number of rotatable bonds is 0. The fourth-order valence-electron chi connectivity index (χ4n) is 6.44. The zero-order chi connectivity index (χ0) is 80.9. The van der Waals surface area contributed by atoms with Gasteiger partial charge in [-0.05, 0) is 171 Å². The van der Waals surface area contributed by atoms with Crippen LogP contribution in [0.4, 0.5) is 0 Å². The van der Waals surface area contributed by atoms with E-state index in [2.05, 4.69) is 295 Å². The van der Waals surface area contributed by atoms with Crippen LogP contribution in [0, 0.1) is 0 Å². The zero-order valence-corrected chi connectivity index (χ0v) is 75.6. The van der Waals surface area contributed by atoms with Crippen LogP contribution in [0.15, 0.2) is 164 Å². The summed E-state index contributed by atoms with van der Waals surface area (Å²) in [5.41, 5.74) is 8.61. The van der Waals surface area contributed by atoms with E-state index in [1.54, 1.807) is 42.3 Å². The molecule has 0 spiro atoms. The Balaban J connectivity index is -0.000000129. The highest BCUT2D eigenvalue weighted by molar-refractivity contribution is 7.10. The molecule has 13 heteroatoms. The number of pyridine rings is 1. The second-order valence-corrected chi connectivity index (χ2v) is 31.0. The summed E-state index contributed by atoms with van der Waals surface area (Å²) < 4.78 is 6.20. The van der Waals surface area contributed by atoms with Crippen molar-refractivity contribution in [3.63, 3.8) is 0 Å². The van der Waals surface area contributed by atoms with Crippen LogP contribution >= 0.6 is 22.7 Å². The second-order valence-electron chi connectivity index (χ2n) is 29.3. The van der Waals surface area contributed by atoms with E-state index < -0.39 is 0 Å². The van der Waals surface area contributed by atoms with E-state index in [0.717, 1.165) is 0 Å². The first-order valence-corrected chi connectivity index (χ1v) is 39.5. The van der Waals surface area contributed by atoms with Crippen molar-refractivity contribution >= 4 is 22.7 Å². The molecule has 9 heterocycles. The Hall–Kier alpha value is -6.05. The summed E-state index contributed by atoms with van der Waals surface area (Å²) >= 11 is 3.60. The first kappa shape index (κ1) is 112. The lowest BCUT2D eigenvalue weighted by atomic mass is 9.88. The smallest absolute Gasteiger partial charge is 0.0950 e. The SMILES string of the molecule is CC.CC.CC.CC.CC.CC.CC.CC.CC.CC(C)(C)c1cc[nH]c1.CC(C)(C)c1cccnc1.CC(C)(C)c1cccs1.CC(C)(C)c1ccn[nH]1.CC(C)(C)c1ccn[nH]1.CC(C)(C)c1ccsc1.CC(C)(C)n1cccc1.CC(C)(C)n1cccn1.CC(C)(C)n1ccnc1. The number of aromatic amines is 3. The standard InChI is InChI=1S/C9H13N.2C8H13N.2C8H12S.4C7H12N2.9C2H6/c1-9(2,3)8-5-4-6-10-7-8;1-8(2,3)7-4-5-9-6-7;1-8(2,3)9-6-4-5-7-9;1-8(2,3)7-4-5-9-6-7;1-8(2,3)7-5-4-6-9-7;1-7(2,3)9-5-4-8-6-9;1-7(2,3)9-6-4-5-8-9;2*1-7(2,3)6-4-5-8-9-6;9*1-2/h4-7H,1-3H3;4-6,9H,1-3H3;4-7H,1-3H3;4*4-6H,1-3H3;2*4-5H,1-3H3,(H,8,9);9*1-2H3. The first-order valence-electron chi connectivity index (χ1n) is 37.7. The number of thiophene rings is 2. The Morgan fingerprint density at radius 3 is 0.950 bits per heavy atom. The average molecular weight is 1430 g/mol. The number of nitrogens with one attached hydrogen (secondary N) is 3. The molecule has 0 fully saturated rings. The topological polar surface area (TPSA) is 127 Å². The van der Waals surface area contributed by atoms with Crippen LogP contribution in [0.25, 0.3) is 0 Å². The molecule has 0 bridgehead atoms. The van der Waals surface area contributed by atoms with E-state index in [1.807, 2.05) is 214 Å². The van der Waals surface area contributed by atoms with Gasteiger partial charge in [0, 0.05) is 113 Å². The number of aromatic nitrogens is 11. The molecule has 9 aromatic heterocycles. The lowest BCUT2D eigenvalue weighted by Gasteiger charge is -2.20. The number of hydrogen-bond acceptors (Lipinski definition) is 7. The van der Waals surface area contributed by atoms with Crippen LogP contribution in [0.2, 0.25) is 0 Å². The number of hydrogen-bond donors (Lipinski definition) is 3. The number of H-pyrrole nitrogens is 3. The third kappa shape index (κ3) is 60.7. The van der Waals surface area contributed by atoms with Gasteiger partial charge in [-0.25, -0.2) is 4.98 Å². The van der Waals surface area contributed by atoms with Gasteiger partial charge in [0.15, 0.2) is 0 Å². The molecule has 100 heavy (non-hydrogen) atoms. The van der Waals surface area contributed by atoms with Crippen LogP contribution in [-0.4, -0.2) is 54.3 Å². The molecular weight excluding hydrogens is 1260 g/mol. The summed E-state index contributed by atoms with van der Waals surface area (Å²) in [6, 6.07) is 22.7. The van der Waals surface area contributed by atoms with Gasteiger partial charge in [-0.3, -0.25) is 19.9 Å². The van der Waals surface area contributed by atoms with Gasteiger partial charge in [0.1, 0.15) is 0 Å². The monoisotopic (exact) mass is 1430 g/mol. The Morgan fingerprint density at radius 2 is 0.780 bits per heavy atom. The molecule has 0 saturated heterocycles. The molecule has 11 nitrogen and oxygen atoms in total. The van der Waals surface area contributed by atoms with E-state index in [0.29, 0.717) is 16.2 Å². The summed E-state index contributed by atoms with van der Waals surface area (Å²) in [7, 11) is 0.